The van der Waals surface area contributed by atoms with E-state index in [9.17, 15) is 0 Å². The number of hydrogen-bond donors (Lipinski definition) is 2. The van der Waals surface area contributed by atoms with E-state index in [0.29, 0.717) is 5.41 Å². The molecule has 82 valence electrons. The van der Waals surface area contributed by atoms with Crippen molar-refractivity contribution >= 4 is 0 Å². The second-order valence-corrected chi connectivity index (χ2v) is 5.17. The molecular formula is C12H24N2. The van der Waals surface area contributed by atoms with Gasteiger partial charge in [-0.2, -0.15) is 0 Å². The van der Waals surface area contributed by atoms with Crippen molar-refractivity contribution in [3.8, 4) is 0 Å². The molecule has 0 spiro atoms. The van der Waals surface area contributed by atoms with Crippen molar-refractivity contribution in [2.24, 2.45) is 5.41 Å². The van der Waals surface area contributed by atoms with Gasteiger partial charge in [0.05, 0.1) is 0 Å². The minimum atomic E-state index is 0.714. The highest BCUT2D eigenvalue weighted by atomic mass is 15.0. The molecule has 14 heavy (non-hydrogen) atoms. The van der Waals surface area contributed by atoms with Crippen LogP contribution in [0.5, 0.6) is 0 Å². The van der Waals surface area contributed by atoms with E-state index in [4.69, 9.17) is 0 Å². The molecule has 1 atom stereocenters. The Morgan fingerprint density at radius 2 is 2.29 bits per heavy atom. The van der Waals surface area contributed by atoms with Crippen molar-refractivity contribution in [1.82, 2.24) is 10.6 Å². The highest BCUT2D eigenvalue weighted by Crippen LogP contribution is 2.49. The quantitative estimate of drug-likeness (QED) is 0.702. The van der Waals surface area contributed by atoms with E-state index in [1.54, 1.807) is 0 Å². The number of nitrogens with one attached hydrogen (secondary N) is 2. The first kappa shape index (κ1) is 10.4. The van der Waals surface area contributed by atoms with Gasteiger partial charge in [0.2, 0.25) is 0 Å². The molecule has 2 N–H and O–H groups in total. The Kier molecular flexibility index (Phi) is 3.45. The van der Waals surface area contributed by atoms with Crippen molar-refractivity contribution in [1.29, 1.82) is 0 Å². The van der Waals surface area contributed by atoms with Crippen LogP contribution >= 0.6 is 0 Å². The smallest absolute Gasteiger partial charge is 0.0193 e. The molecule has 0 aromatic heterocycles. The first-order valence-electron chi connectivity index (χ1n) is 6.29. The lowest BCUT2D eigenvalue weighted by Gasteiger charge is -2.26. The molecule has 2 aliphatic rings. The molecule has 2 heteroatoms. The summed E-state index contributed by atoms with van der Waals surface area (Å²) < 4.78 is 0. The lowest BCUT2D eigenvalue weighted by molar-refractivity contribution is 0.339. The maximum absolute atomic E-state index is 3.75. The van der Waals surface area contributed by atoms with E-state index in [2.05, 4.69) is 17.6 Å². The highest BCUT2D eigenvalue weighted by Gasteiger charge is 2.41. The minimum absolute atomic E-state index is 0.714. The minimum Gasteiger partial charge on any atom is -0.315 e. The monoisotopic (exact) mass is 196 g/mol. The Balaban J connectivity index is 1.65. The summed E-state index contributed by atoms with van der Waals surface area (Å²) in [5.41, 5.74) is 0.714. The summed E-state index contributed by atoms with van der Waals surface area (Å²) in [4.78, 5) is 0. The average Bonchev–Trinajstić information content (AvgIpc) is 2.98. The largest absolute Gasteiger partial charge is 0.315 e. The Bertz CT molecular complexity index is 169. The van der Waals surface area contributed by atoms with Crippen LogP contribution in [0.25, 0.3) is 0 Å². The van der Waals surface area contributed by atoms with Crippen LogP contribution in [0.4, 0.5) is 0 Å². The highest BCUT2D eigenvalue weighted by molar-refractivity contribution is 4.95. The maximum Gasteiger partial charge on any atom is 0.0193 e. The van der Waals surface area contributed by atoms with Crippen LogP contribution in [-0.2, 0) is 0 Å². The van der Waals surface area contributed by atoms with E-state index in [0.717, 1.165) is 6.04 Å². The lowest BCUT2D eigenvalue weighted by Crippen LogP contribution is -2.45. The molecule has 0 aromatic carbocycles. The molecule has 0 radical (unpaired) electrons. The SMILES string of the molecule is CCCC1(CNC2CCCNC2)CC1. The van der Waals surface area contributed by atoms with Gasteiger partial charge in [-0.05, 0) is 44.1 Å². The summed E-state index contributed by atoms with van der Waals surface area (Å²) in [6, 6.07) is 0.748. The molecule has 1 saturated heterocycles. The van der Waals surface area contributed by atoms with Crippen LogP contribution in [-0.4, -0.2) is 25.7 Å². The first-order chi connectivity index (χ1) is 6.85. The van der Waals surface area contributed by atoms with Crippen LogP contribution in [0.3, 0.4) is 0 Å². The van der Waals surface area contributed by atoms with E-state index < -0.39 is 0 Å². The van der Waals surface area contributed by atoms with Crippen molar-refractivity contribution < 1.29 is 0 Å². The molecule has 1 saturated carbocycles. The predicted octanol–water partition coefficient (Wildman–Crippen LogP) is 1.91. The second kappa shape index (κ2) is 4.63. The molecule has 1 aliphatic heterocycles. The zero-order chi connectivity index (χ0) is 9.86. The molecule has 1 unspecified atom stereocenters. The van der Waals surface area contributed by atoms with Crippen molar-refractivity contribution in [3.05, 3.63) is 0 Å². The molecule has 0 amide bonds. The number of rotatable bonds is 5. The fraction of sp³-hybridized carbons (Fsp3) is 1.00. The Morgan fingerprint density at radius 1 is 1.43 bits per heavy atom. The van der Waals surface area contributed by atoms with Crippen molar-refractivity contribution in [3.63, 3.8) is 0 Å². The summed E-state index contributed by atoms with van der Waals surface area (Å²) in [7, 11) is 0. The zero-order valence-corrected chi connectivity index (χ0v) is 9.44. The van der Waals surface area contributed by atoms with Gasteiger partial charge < -0.3 is 10.6 Å². The Labute approximate surface area is 87.8 Å². The van der Waals surface area contributed by atoms with Crippen molar-refractivity contribution in [2.75, 3.05) is 19.6 Å². The van der Waals surface area contributed by atoms with Gasteiger partial charge in [0.1, 0.15) is 0 Å². The third-order valence-corrected chi connectivity index (χ3v) is 3.80. The summed E-state index contributed by atoms with van der Waals surface area (Å²) in [6.45, 7) is 5.98. The fourth-order valence-corrected chi connectivity index (χ4v) is 2.61. The third kappa shape index (κ3) is 2.71. The fourth-order valence-electron chi connectivity index (χ4n) is 2.61. The van der Waals surface area contributed by atoms with E-state index in [-0.39, 0.29) is 0 Å². The summed E-state index contributed by atoms with van der Waals surface area (Å²) in [6.07, 6.45) is 8.43. The molecular weight excluding hydrogens is 172 g/mol. The predicted molar refractivity (Wildman–Crippen MR) is 60.5 cm³/mol. The standard InChI is InChI=1S/C12H24N2/c1-2-5-12(6-7-12)10-14-11-4-3-8-13-9-11/h11,13-14H,2-10H2,1H3. The zero-order valence-electron chi connectivity index (χ0n) is 9.44. The maximum atomic E-state index is 3.75. The van der Waals surface area contributed by atoms with Crippen LogP contribution in [0.2, 0.25) is 0 Å². The number of piperidine rings is 1. The molecule has 1 heterocycles. The van der Waals surface area contributed by atoms with Crippen LogP contribution in [0, 0.1) is 5.41 Å². The van der Waals surface area contributed by atoms with Gasteiger partial charge in [0, 0.05) is 19.1 Å². The second-order valence-electron chi connectivity index (χ2n) is 5.17. The van der Waals surface area contributed by atoms with Crippen LogP contribution < -0.4 is 10.6 Å². The third-order valence-electron chi connectivity index (χ3n) is 3.80. The summed E-state index contributed by atoms with van der Waals surface area (Å²) in [5.74, 6) is 0. The van der Waals surface area contributed by atoms with E-state index in [1.165, 1.54) is 58.2 Å². The van der Waals surface area contributed by atoms with Gasteiger partial charge in [-0.25, -0.2) is 0 Å². The van der Waals surface area contributed by atoms with Crippen LogP contribution in [0.1, 0.15) is 45.4 Å². The molecule has 2 nitrogen and oxygen atoms in total. The lowest BCUT2D eigenvalue weighted by atomic mass is 9.99. The Morgan fingerprint density at radius 3 is 2.86 bits per heavy atom. The van der Waals surface area contributed by atoms with E-state index >= 15 is 0 Å². The molecule has 2 fully saturated rings. The van der Waals surface area contributed by atoms with Gasteiger partial charge in [-0.1, -0.05) is 13.3 Å². The molecule has 2 rings (SSSR count). The van der Waals surface area contributed by atoms with Gasteiger partial charge in [0.25, 0.3) is 0 Å². The normalized spacial score (nSPS) is 30.2. The Hall–Kier alpha value is -0.0800. The number of hydrogen-bond acceptors (Lipinski definition) is 2. The van der Waals surface area contributed by atoms with Gasteiger partial charge in [-0.3, -0.25) is 0 Å². The topological polar surface area (TPSA) is 24.1 Å². The van der Waals surface area contributed by atoms with Crippen LogP contribution in [0.15, 0.2) is 0 Å². The van der Waals surface area contributed by atoms with E-state index in [1.807, 2.05) is 0 Å². The van der Waals surface area contributed by atoms with Gasteiger partial charge in [-0.15, -0.1) is 0 Å². The first-order valence-corrected chi connectivity index (χ1v) is 6.29. The molecule has 0 bridgehead atoms. The molecule has 1 aliphatic carbocycles. The van der Waals surface area contributed by atoms with Gasteiger partial charge in [0.15, 0.2) is 0 Å². The summed E-state index contributed by atoms with van der Waals surface area (Å²) >= 11 is 0. The van der Waals surface area contributed by atoms with Crippen molar-refractivity contribution in [2.45, 2.75) is 51.5 Å². The molecule has 0 aromatic rings. The van der Waals surface area contributed by atoms with Gasteiger partial charge >= 0.3 is 0 Å². The summed E-state index contributed by atoms with van der Waals surface area (Å²) in [5, 5.41) is 7.21. The average molecular weight is 196 g/mol.